The summed E-state index contributed by atoms with van der Waals surface area (Å²) < 4.78 is 10.8. The third-order valence-corrected chi connectivity index (χ3v) is 3.76. The van der Waals surface area contributed by atoms with Gasteiger partial charge in [-0.15, -0.1) is 24.0 Å². The molecule has 1 aromatic rings. The number of nitrogens with zero attached hydrogens (tertiary/aromatic N) is 2. The number of rotatable bonds is 7. The molecule has 1 heterocycles. The molecule has 1 fully saturated rings. The van der Waals surface area contributed by atoms with E-state index in [1.54, 1.807) is 7.05 Å². The molecule has 2 N–H and O–H groups in total. The second kappa shape index (κ2) is 12.3. The van der Waals surface area contributed by atoms with E-state index in [0.29, 0.717) is 6.61 Å². The molecule has 0 unspecified atom stereocenters. The zero-order chi connectivity index (χ0) is 16.3. The van der Waals surface area contributed by atoms with Gasteiger partial charge >= 0.3 is 0 Å². The maximum Gasteiger partial charge on any atom is 0.191 e. The topological polar surface area (TPSA) is 58.1 Å². The Balaban J connectivity index is 0.00000288. The molecule has 1 saturated heterocycles. The molecule has 1 aromatic carbocycles. The summed E-state index contributed by atoms with van der Waals surface area (Å²) in [5.74, 6) is 0.793. The van der Waals surface area contributed by atoms with Crippen molar-refractivity contribution in [2.45, 2.75) is 13.5 Å². The van der Waals surface area contributed by atoms with Gasteiger partial charge < -0.3 is 25.0 Å². The lowest BCUT2D eigenvalue weighted by Crippen LogP contribution is -2.40. The number of hydrogen-bond donors (Lipinski definition) is 2. The monoisotopic (exact) mass is 448 g/mol. The summed E-state index contributed by atoms with van der Waals surface area (Å²) in [7, 11) is 1.78. The average molecular weight is 448 g/mol. The predicted molar refractivity (Wildman–Crippen MR) is 110 cm³/mol. The Morgan fingerprint density at radius 1 is 1.25 bits per heavy atom. The van der Waals surface area contributed by atoms with Gasteiger partial charge in [0, 0.05) is 45.5 Å². The number of halogens is 1. The SMILES string of the molecule is CCOCCNC(=NC)NCc1ccccc1N1CCOCC1.I. The molecule has 1 aliphatic rings. The van der Waals surface area contributed by atoms with Crippen LogP contribution in [0.2, 0.25) is 0 Å². The molecular weight excluding hydrogens is 419 g/mol. The maximum absolute atomic E-state index is 5.44. The molecule has 0 saturated carbocycles. The lowest BCUT2D eigenvalue weighted by Gasteiger charge is -2.30. The molecule has 24 heavy (non-hydrogen) atoms. The minimum atomic E-state index is 0. The van der Waals surface area contributed by atoms with Gasteiger partial charge in [0.25, 0.3) is 0 Å². The molecule has 1 aliphatic heterocycles. The summed E-state index contributed by atoms with van der Waals surface area (Å²) in [4.78, 5) is 6.63. The number of ether oxygens (including phenoxy) is 2. The van der Waals surface area contributed by atoms with Gasteiger partial charge in [0.1, 0.15) is 0 Å². The molecule has 2 rings (SSSR count). The van der Waals surface area contributed by atoms with Crippen LogP contribution >= 0.6 is 24.0 Å². The van der Waals surface area contributed by atoms with E-state index in [1.165, 1.54) is 11.3 Å². The van der Waals surface area contributed by atoms with Crippen LogP contribution in [0, 0.1) is 0 Å². The van der Waals surface area contributed by atoms with Crippen LogP contribution < -0.4 is 15.5 Å². The highest BCUT2D eigenvalue weighted by molar-refractivity contribution is 14.0. The molecular formula is C17H29IN4O2. The van der Waals surface area contributed by atoms with Gasteiger partial charge in [-0.2, -0.15) is 0 Å². The Hall–Kier alpha value is -1.06. The highest BCUT2D eigenvalue weighted by Crippen LogP contribution is 2.21. The van der Waals surface area contributed by atoms with E-state index in [1.807, 2.05) is 6.92 Å². The van der Waals surface area contributed by atoms with Crippen LogP contribution in [0.5, 0.6) is 0 Å². The largest absolute Gasteiger partial charge is 0.380 e. The smallest absolute Gasteiger partial charge is 0.191 e. The van der Waals surface area contributed by atoms with Gasteiger partial charge in [-0.25, -0.2) is 0 Å². The van der Waals surface area contributed by atoms with Crippen LogP contribution in [0.15, 0.2) is 29.3 Å². The van der Waals surface area contributed by atoms with E-state index in [4.69, 9.17) is 9.47 Å². The first-order valence-electron chi connectivity index (χ1n) is 8.28. The number of hydrogen-bond acceptors (Lipinski definition) is 4. The number of guanidine groups is 1. The minimum absolute atomic E-state index is 0. The molecule has 6 nitrogen and oxygen atoms in total. The fourth-order valence-electron chi connectivity index (χ4n) is 2.56. The van der Waals surface area contributed by atoms with Crippen molar-refractivity contribution >= 4 is 35.6 Å². The third-order valence-electron chi connectivity index (χ3n) is 3.76. The fraction of sp³-hybridized carbons (Fsp3) is 0.588. The highest BCUT2D eigenvalue weighted by atomic mass is 127. The van der Waals surface area contributed by atoms with E-state index < -0.39 is 0 Å². The van der Waals surface area contributed by atoms with Crippen molar-refractivity contribution in [2.24, 2.45) is 4.99 Å². The van der Waals surface area contributed by atoms with E-state index >= 15 is 0 Å². The molecule has 0 amide bonds. The number of anilines is 1. The Bertz CT molecular complexity index is 493. The summed E-state index contributed by atoms with van der Waals surface area (Å²) in [6, 6.07) is 8.49. The highest BCUT2D eigenvalue weighted by Gasteiger charge is 2.14. The van der Waals surface area contributed by atoms with Crippen molar-refractivity contribution in [3.05, 3.63) is 29.8 Å². The fourth-order valence-corrected chi connectivity index (χ4v) is 2.56. The number of para-hydroxylation sites is 1. The number of morpholine rings is 1. The number of benzene rings is 1. The van der Waals surface area contributed by atoms with Crippen molar-refractivity contribution in [1.82, 2.24) is 10.6 Å². The molecule has 7 heteroatoms. The van der Waals surface area contributed by atoms with E-state index in [0.717, 1.165) is 52.0 Å². The minimum Gasteiger partial charge on any atom is -0.380 e. The number of aliphatic imine (C=N–C) groups is 1. The standard InChI is InChI=1S/C17H28N4O2.HI/c1-3-22-11-8-19-17(18-2)20-14-15-6-4-5-7-16(15)21-9-12-23-13-10-21;/h4-7H,3,8-14H2,1-2H3,(H2,18,19,20);1H. The van der Waals surface area contributed by atoms with Gasteiger partial charge in [-0.3, -0.25) is 4.99 Å². The van der Waals surface area contributed by atoms with Crippen molar-refractivity contribution in [1.29, 1.82) is 0 Å². The quantitative estimate of drug-likeness (QED) is 0.289. The average Bonchev–Trinajstić information content (AvgIpc) is 2.62. The van der Waals surface area contributed by atoms with Gasteiger partial charge in [-0.05, 0) is 18.6 Å². The van der Waals surface area contributed by atoms with Gasteiger partial charge in [0.15, 0.2) is 5.96 Å². The summed E-state index contributed by atoms with van der Waals surface area (Å²) in [5.41, 5.74) is 2.54. The summed E-state index contributed by atoms with van der Waals surface area (Å²) >= 11 is 0. The summed E-state index contributed by atoms with van der Waals surface area (Å²) in [6.07, 6.45) is 0. The van der Waals surface area contributed by atoms with Crippen LogP contribution in [0.4, 0.5) is 5.69 Å². The second-order valence-corrected chi connectivity index (χ2v) is 5.28. The molecule has 0 atom stereocenters. The van der Waals surface area contributed by atoms with Gasteiger partial charge in [-0.1, -0.05) is 18.2 Å². The summed E-state index contributed by atoms with van der Waals surface area (Å²) in [5, 5.41) is 6.62. The molecule has 136 valence electrons. The second-order valence-electron chi connectivity index (χ2n) is 5.28. The molecule has 0 bridgehead atoms. The zero-order valence-electron chi connectivity index (χ0n) is 14.6. The number of nitrogens with one attached hydrogen (secondary N) is 2. The normalized spacial score (nSPS) is 14.9. The van der Waals surface area contributed by atoms with Crippen LogP contribution in [-0.4, -0.2) is 59.1 Å². The van der Waals surface area contributed by atoms with Crippen molar-refractivity contribution in [3.8, 4) is 0 Å². The van der Waals surface area contributed by atoms with Crippen LogP contribution in [0.1, 0.15) is 12.5 Å². The van der Waals surface area contributed by atoms with Crippen LogP contribution in [0.25, 0.3) is 0 Å². The third kappa shape index (κ3) is 6.82. The Labute approximate surface area is 162 Å². The zero-order valence-corrected chi connectivity index (χ0v) is 16.9. The summed E-state index contributed by atoms with van der Waals surface area (Å²) in [6.45, 7) is 8.37. The molecule has 0 aliphatic carbocycles. The Kier molecular flexibility index (Phi) is 10.8. The van der Waals surface area contributed by atoms with E-state index in [9.17, 15) is 0 Å². The molecule has 0 spiro atoms. The van der Waals surface area contributed by atoms with E-state index in [2.05, 4.69) is 44.8 Å². The van der Waals surface area contributed by atoms with Crippen molar-refractivity contribution in [2.75, 3.05) is 58.0 Å². The van der Waals surface area contributed by atoms with Gasteiger partial charge in [0.05, 0.1) is 19.8 Å². The lowest BCUT2D eigenvalue weighted by atomic mass is 10.1. The van der Waals surface area contributed by atoms with Crippen LogP contribution in [-0.2, 0) is 16.0 Å². The first kappa shape index (κ1) is 21.0. The van der Waals surface area contributed by atoms with Crippen LogP contribution in [0.3, 0.4) is 0 Å². The van der Waals surface area contributed by atoms with Gasteiger partial charge in [0.2, 0.25) is 0 Å². The molecule has 0 radical (unpaired) electrons. The molecule has 0 aromatic heterocycles. The lowest BCUT2D eigenvalue weighted by molar-refractivity contribution is 0.122. The van der Waals surface area contributed by atoms with Crippen molar-refractivity contribution in [3.63, 3.8) is 0 Å². The Morgan fingerprint density at radius 2 is 2.00 bits per heavy atom. The first-order valence-corrected chi connectivity index (χ1v) is 8.28. The predicted octanol–water partition coefficient (Wildman–Crippen LogP) is 1.84. The maximum atomic E-state index is 5.44. The van der Waals surface area contributed by atoms with E-state index in [-0.39, 0.29) is 24.0 Å². The van der Waals surface area contributed by atoms with Crippen molar-refractivity contribution < 1.29 is 9.47 Å². The first-order chi connectivity index (χ1) is 11.3. The Morgan fingerprint density at radius 3 is 2.71 bits per heavy atom.